The molecule has 0 aliphatic heterocycles. The van der Waals surface area contributed by atoms with Gasteiger partial charge in [-0.3, -0.25) is 0 Å². The maximum absolute atomic E-state index is 12.7. The molecule has 3 aromatic rings. The van der Waals surface area contributed by atoms with Crippen LogP contribution in [0.1, 0.15) is 21.6 Å². The number of nitrogens with zero attached hydrogens (tertiary/aromatic N) is 2. The number of esters is 1. The van der Waals surface area contributed by atoms with Gasteiger partial charge in [-0.05, 0) is 31.2 Å². The van der Waals surface area contributed by atoms with Crippen molar-refractivity contribution in [3.8, 4) is 17.5 Å². The molecule has 3 rings (SSSR count). The predicted octanol–water partition coefficient (Wildman–Crippen LogP) is 2.79. The molecule has 0 bridgehead atoms. The number of nitriles is 1. The Hall–Kier alpha value is -3.77. The zero-order valence-electron chi connectivity index (χ0n) is 15.6. The SMILES string of the molecule is COC(=O)c1c(N)c(C#N)cn1-c1ccccc1OS(=O)(=O)c1ccc(C)cc1. The molecule has 0 atom stereocenters. The van der Waals surface area contributed by atoms with Crippen LogP contribution in [0, 0.1) is 18.3 Å². The molecule has 0 aliphatic rings. The van der Waals surface area contributed by atoms with Crippen LogP contribution < -0.4 is 9.92 Å². The Labute approximate surface area is 167 Å². The van der Waals surface area contributed by atoms with Crippen LogP contribution in [0.25, 0.3) is 5.69 Å². The normalized spacial score (nSPS) is 10.9. The van der Waals surface area contributed by atoms with E-state index >= 15 is 0 Å². The summed E-state index contributed by atoms with van der Waals surface area (Å²) in [5.74, 6) is -0.821. The number of aromatic nitrogens is 1. The van der Waals surface area contributed by atoms with Crippen LogP contribution in [0.15, 0.2) is 59.6 Å². The van der Waals surface area contributed by atoms with E-state index in [0.717, 1.165) is 5.56 Å². The number of hydrogen-bond donors (Lipinski definition) is 1. The number of nitrogens with two attached hydrogens (primary N) is 1. The lowest BCUT2D eigenvalue weighted by Crippen LogP contribution is -2.14. The number of rotatable bonds is 5. The standard InChI is InChI=1S/C20H17N3O5S/c1-13-7-9-15(10-8-13)29(25,26)28-17-6-4-3-5-16(17)23-12-14(11-21)18(22)19(23)20(24)27-2/h3-10,12H,22H2,1-2H3. The zero-order chi connectivity index (χ0) is 21.2. The van der Waals surface area contributed by atoms with E-state index < -0.39 is 16.1 Å². The van der Waals surface area contributed by atoms with Crippen molar-refractivity contribution in [1.29, 1.82) is 5.26 Å². The van der Waals surface area contributed by atoms with Crippen molar-refractivity contribution in [3.63, 3.8) is 0 Å². The van der Waals surface area contributed by atoms with Gasteiger partial charge in [0.1, 0.15) is 11.0 Å². The number of hydrogen-bond acceptors (Lipinski definition) is 7. The molecule has 2 N–H and O–H groups in total. The van der Waals surface area contributed by atoms with Gasteiger partial charge in [0.2, 0.25) is 0 Å². The number of anilines is 1. The molecular formula is C20H17N3O5S. The quantitative estimate of drug-likeness (QED) is 0.505. The number of methoxy groups -OCH3 is 1. The number of para-hydroxylation sites is 2. The van der Waals surface area contributed by atoms with E-state index in [9.17, 15) is 18.5 Å². The Morgan fingerprint density at radius 2 is 1.79 bits per heavy atom. The number of aryl methyl sites for hydroxylation is 1. The van der Waals surface area contributed by atoms with Crippen LogP contribution in [-0.2, 0) is 14.9 Å². The summed E-state index contributed by atoms with van der Waals surface area (Å²) in [5, 5.41) is 9.26. The predicted molar refractivity (Wildman–Crippen MR) is 105 cm³/mol. The van der Waals surface area contributed by atoms with Crippen molar-refractivity contribution >= 4 is 21.8 Å². The largest absolute Gasteiger partial charge is 0.464 e. The fourth-order valence-corrected chi connectivity index (χ4v) is 3.65. The number of ether oxygens (including phenoxy) is 1. The zero-order valence-corrected chi connectivity index (χ0v) is 16.4. The molecule has 0 saturated heterocycles. The summed E-state index contributed by atoms with van der Waals surface area (Å²) >= 11 is 0. The van der Waals surface area contributed by atoms with Crippen molar-refractivity contribution in [3.05, 3.63) is 71.5 Å². The monoisotopic (exact) mass is 411 g/mol. The molecule has 8 nitrogen and oxygen atoms in total. The Morgan fingerprint density at radius 1 is 1.14 bits per heavy atom. The van der Waals surface area contributed by atoms with Gasteiger partial charge in [-0.15, -0.1) is 0 Å². The third kappa shape index (κ3) is 3.79. The summed E-state index contributed by atoms with van der Waals surface area (Å²) in [7, 11) is -2.96. The summed E-state index contributed by atoms with van der Waals surface area (Å²) in [6, 6.07) is 14.3. The van der Waals surface area contributed by atoms with Crippen LogP contribution in [0.2, 0.25) is 0 Å². The molecule has 0 spiro atoms. The summed E-state index contributed by atoms with van der Waals surface area (Å²) in [6.45, 7) is 1.84. The van der Waals surface area contributed by atoms with Crippen LogP contribution in [-0.4, -0.2) is 26.1 Å². The van der Waals surface area contributed by atoms with Gasteiger partial charge in [-0.25, -0.2) is 4.79 Å². The Morgan fingerprint density at radius 3 is 2.41 bits per heavy atom. The first-order valence-electron chi connectivity index (χ1n) is 8.38. The number of carbonyl (C=O) groups excluding carboxylic acids is 1. The van der Waals surface area contributed by atoms with Gasteiger partial charge >= 0.3 is 16.1 Å². The Bertz CT molecular complexity index is 1220. The van der Waals surface area contributed by atoms with Crippen molar-refractivity contribution in [2.24, 2.45) is 0 Å². The summed E-state index contributed by atoms with van der Waals surface area (Å²) in [5.41, 5.74) is 6.88. The van der Waals surface area contributed by atoms with Crippen molar-refractivity contribution in [2.75, 3.05) is 12.8 Å². The molecule has 148 valence electrons. The average molecular weight is 411 g/mol. The highest BCUT2D eigenvalue weighted by atomic mass is 32.2. The third-order valence-corrected chi connectivity index (χ3v) is 5.43. The molecule has 0 radical (unpaired) electrons. The summed E-state index contributed by atoms with van der Waals surface area (Å²) < 4.78 is 36.8. The van der Waals surface area contributed by atoms with Gasteiger partial charge < -0.3 is 19.2 Å². The third-order valence-electron chi connectivity index (χ3n) is 4.18. The van der Waals surface area contributed by atoms with Gasteiger partial charge in [0, 0.05) is 6.20 Å². The lowest BCUT2D eigenvalue weighted by Gasteiger charge is -2.14. The first kappa shape index (κ1) is 20.0. The Balaban J connectivity index is 2.13. The highest BCUT2D eigenvalue weighted by Crippen LogP contribution is 2.31. The van der Waals surface area contributed by atoms with E-state index in [1.54, 1.807) is 24.3 Å². The molecule has 0 aliphatic carbocycles. The van der Waals surface area contributed by atoms with Crippen molar-refractivity contribution in [1.82, 2.24) is 4.57 Å². The summed E-state index contributed by atoms with van der Waals surface area (Å²) in [6.07, 6.45) is 1.32. The fraction of sp³-hybridized carbons (Fsp3) is 0.100. The molecular weight excluding hydrogens is 394 g/mol. The lowest BCUT2D eigenvalue weighted by atomic mass is 10.2. The molecule has 1 aromatic heterocycles. The Kier molecular flexibility index (Phi) is 5.30. The van der Waals surface area contributed by atoms with Crippen molar-refractivity contribution in [2.45, 2.75) is 11.8 Å². The second-order valence-electron chi connectivity index (χ2n) is 6.10. The lowest BCUT2D eigenvalue weighted by molar-refractivity contribution is 0.0593. The maximum Gasteiger partial charge on any atom is 0.357 e. The van der Waals surface area contributed by atoms with Gasteiger partial charge in [0.25, 0.3) is 0 Å². The molecule has 29 heavy (non-hydrogen) atoms. The molecule has 0 saturated carbocycles. The summed E-state index contributed by atoms with van der Waals surface area (Å²) in [4.78, 5) is 12.2. The average Bonchev–Trinajstić information content (AvgIpc) is 3.04. The van der Waals surface area contributed by atoms with Crippen LogP contribution in [0.4, 0.5) is 5.69 Å². The first-order valence-corrected chi connectivity index (χ1v) is 9.79. The van der Waals surface area contributed by atoms with E-state index in [2.05, 4.69) is 0 Å². The van der Waals surface area contributed by atoms with Crippen LogP contribution in [0.5, 0.6) is 5.75 Å². The van der Waals surface area contributed by atoms with Crippen LogP contribution >= 0.6 is 0 Å². The second kappa shape index (κ2) is 7.69. The minimum atomic E-state index is -4.13. The molecule has 9 heteroatoms. The number of carbonyl (C=O) groups is 1. The van der Waals surface area contributed by atoms with E-state index in [4.69, 9.17) is 14.7 Å². The molecule has 2 aromatic carbocycles. The molecule has 1 heterocycles. The maximum atomic E-state index is 12.7. The van der Waals surface area contributed by atoms with Gasteiger partial charge in [0.05, 0.1) is 24.0 Å². The highest BCUT2D eigenvalue weighted by Gasteiger charge is 2.25. The van der Waals surface area contributed by atoms with E-state index in [-0.39, 0.29) is 33.3 Å². The van der Waals surface area contributed by atoms with E-state index in [1.165, 1.54) is 42.1 Å². The van der Waals surface area contributed by atoms with E-state index in [1.807, 2.05) is 13.0 Å². The van der Waals surface area contributed by atoms with Crippen LogP contribution in [0.3, 0.4) is 0 Å². The fourth-order valence-electron chi connectivity index (χ4n) is 2.70. The number of nitrogen functional groups attached to an aromatic ring is 1. The minimum Gasteiger partial charge on any atom is -0.464 e. The molecule has 0 unspecified atom stereocenters. The topological polar surface area (TPSA) is 124 Å². The van der Waals surface area contributed by atoms with Gasteiger partial charge in [0.15, 0.2) is 11.4 Å². The van der Waals surface area contributed by atoms with Gasteiger partial charge in [-0.2, -0.15) is 13.7 Å². The number of benzene rings is 2. The molecule has 0 fully saturated rings. The second-order valence-corrected chi connectivity index (χ2v) is 7.64. The first-order chi connectivity index (χ1) is 13.8. The minimum absolute atomic E-state index is 0.0178. The molecule has 0 amide bonds. The smallest absolute Gasteiger partial charge is 0.357 e. The van der Waals surface area contributed by atoms with E-state index in [0.29, 0.717) is 0 Å². The van der Waals surface area contributed by atoms with Gasteiger partial charge in [-0.1, -0.05) is 29.8 Å². The van der Waals surface area contributed by atoms with Crippen molar-refractivity contribution < 1.29 is 22.1 Å². The highest BCUT2D eigenvalue weighted by molar-refractivity contribution is 7.87.